The van der Waals surface area contributed by atoms with E-state index in [2.05, 4.69) is 29.1 Å². The molecule has 0 bridgehead atoms. The Hall–Kier alpha value is -0.120. The highest BCUT2D eigenvalue weighted by molar-refractivity contribution is 4.83. The summed E-state index contributed by atoms with van der Waals surface area (Å²) in [6, 6.07) is 0.771. The first-order chi connectivity index (χ1) is 8.33. The van der Waals surface area contributed by atoms with E-state index in [1.807, 2.05) is 0 Å². The molecule has 2 aliphatic rings. The minimum atomic E-state index is 0.771. The third-order valence-corrected chi connectivity index (χ3v) is 4.68. The van der Waals surface area contributed by atoms with Gasteiger partial charge in [-0.25, -0.2) is 0 Å². The molecule has 0 amide bonds. The van der Waals surface area contributed by atoms with Crippen LogP contribution in [0.4, 0.5) is 0 Å². The lowest BCUT2D eigenvalue weighted by Gasteiger charge is -2.39. The standard InChI is InChI=1S/C14H29N3/c1-3-16-8-10-17(11-9-16)12-13-6-4-5-7-14(13)15-2/h13-15H,3-12H2,1-2H3. The number of rotatable bonds is 4. The molecule has 0 aromatic rings. The van der Waals surface area contributed by atoms with Crippen LogP contribution in [-0.4, -0.2) is 62.2 Å². The first-order valence-electron chi connectivity index (χ1n) is 7.45. The fourth-order valence-corrected chi connectivity index (χ4v) is 3.43. The van der Waals surface area contributed by atoms with E-state index in [0.717, 1.165) is 12.0 Å². The maximum atomic E-state index is 3.53. The van der Waals surface area contributed by atoms with Gasteiger partial charge in [-0.2, -0.15) is 0 Å². The van der Waals surface area contributed by atoms with Crippen LogP contribution >= 0.6 is 0 Å². The highest BCUT2D eigenvalue weighted by Gasteiger charge is 2.26. The second-order valence-corrected chi connectivity index (χ2v) is 5.67. The van der Waals surface area contributed by atoms with Crippen molar-refractivity contribution in [2.75, 3.05) is 46.3 Å². The van der Waals surface area contributed by atoms with Crippen LogP contribution < -0.4 is 5.32 Å². The quantitative estimate of drug-likeness (QED) is 0.800. The fraction of sp³-hybridized carbons (Fsp3) is 1.00. The summed E-state index contributed by atoms with van der Waals surface area (Å²) in [7, 11) is 2.14. The summed E-state index contributed by atoms with van der Waals surface area (Å²) in [6.45, 7) is 9.91. The number of hydrogen-bond donors (Lipinski definition) is 1. The molecular formula is C14H29N3. The van der Waals surface area contributed by atoms with Gasteiger partial charge in [-0.3, -0.25) is 0 Å². The Morgan fingerprint density at radius 2 is 1.65 bits per heavy atom. The molecule has 2 rings (SSSR count). The van der Waals surface area contributed by atoms with E-state index < -0.39 is 0 Å². The van der Waals surface area contributed by atoms with Crippen molar-refractivity contribution in [2.24, 2.45) is 5.92 Å². The highest BCUT2D eigenvalue weighted by Crippen LogP contribution is 2.25. The minimum Gasteiger partial charge on any atom is -0.317 e. The minimum absolute atomic E-state index is 0.771. The first-order valence-corrected chi connectivity index (χ1v) is 7.45. The zero-order valence-corrected chi connectivity index (χ0v) is 11.6. The normalized spacial score (nSPS) is 32.8. The van der Waals surface area contributed by atoms with Crippen LogP contribution in [0.1, 0.15) is 32.6 Å². The van der Waals surface area contributed by atoms with Crippen molar-refractivity contribution in [1.82, 2.24) is 15.1 Å². The Labute approximate surface area is 107 Å². The largest absolute Gasteiger partial charge is 0.317 e. The van der Waals surface area contributed by atoms with E-state index in [-0.39, 0.29) is 0 Å². The Kier molecular flexibility index (Phi) is 5.26. The molecule has 100 valence electrons. The number of likely N-dealkylation sites (N-methyl/N-ethyl adjacent to an activating group) is 1. The van der Waals surface area contributed by atoms with Crippen molar-refractivity contribution >= 4 is 0 Å². The van der Waals surface area contributed by atoms with Crippen molar-refractivity contribution in [2.45, 2.75) is 38.6 Å². The van der Waals surface area contributed by atoms with Gasteiger partial charge in [-0.05, 0) is 32.4 Å². The molecular weight excluding hydrogens is 210 g/mol. The van der Waals surface area contributed by atoms with Crippen molar-refractivity contribution in [1.29, 1.82) is 0 Å². The maximum absolute atomic E-state index is 3.53. The number of nitrogens with one attached hydrogen (secondary N) is 1. The molecule has 1 saturated heterocycles. The second-order valence-electron chi connectivity index (χ2n) is 5.67. The summed E-state index contributed by atoms with van der Waals surface area (Å²) in [5.74, 6) is 0.891. The SMILES string of the molecule is CCN1CCN(CC2CCCCC2NC)CC1. The van der Waals surface area contributed by atoms with E-state index in [9.17, 15) is 0 Å². The molecule has 3 nitrogen and oxygen atoms in total. The third kappa shape index (κ3) is 3.67. The Bertz CT molecular complexity index is 212. The van der Waals surface area contributed by atoms with Crippen LogP contribution in [-0.2, 0) is 0 Å². The number of piperazine rings is 1. The van der Waals surface area contributed by atoms with Crippen LogP contribution in [0.5, 0.6) is 0 Å². The smallest absolute Gasteiger partial charge is 0.0110 e. The lowest BCUT2D eigenvalue weighted by atomic mass is 9.84. The number of hydrogen-bond acceptors (Lipinski definition) is 3. The zero-order chi connectivity index (χ0) is 12.1. The van der Waals surface area contributed by atoms with Gasteiger partial charge in [0.2, 0.25) is 0 Å². The maximum Gasteiger partial charge on any atom is 0.0110 e. The second kappa shape index (κ2) is 6.72. The van der Waals surface area contributed by atoms with Crippen LogP contribution in [0.15, 0.2) is 0 Å². The molecule has 3 heteroatoms. The molecule has 1 aliphatic carbocycles. The summed E-state index contributed by atoms with van der Waals surface area (Å²) in [5.41, 5.74) is 0. The Balaban J connectivity index is 1.76. The molecule has 1 N–H and O–H groups in total. The van der Waals surface area contributed by atoms with Crippen LogP contribution in [0, 0.1) is 5.92 Å². The van der Waals surface area contributed by atoms with Crippen LogP contribution in [0.25, 0.3) is 0 Å². The summed E-state index contributed by atoms with van der Waals surface area (Å²) in [4.78, 5) is 5.25. The van der Waals surface area contributed by atoms with Gasteiger partial charge in [-0.15, -0.1) is 0 Å². The molecule has 1 heterocycles. The molecule has 0 spiro atoms. The van der Waals surface area contributed by atoms with E-state index in [1.54, 1.807) is 0 Å². The molecule has 0 radical (unpaired) electrons. The summed E-state index contributed by atoms with van der Waals surface area (Å²) < 4.78 is 0. The lowest BCUT2D eigenvalue weighted by Crippen LogP contribution is -2.50. The van der Waals surface area contributed by atoms with Gasteiger partial charge in [0.1, 0.15) is 0 Å². The van der Waals surface area contributed by atoms with Crippen molar-refractivity contribution in [3.8, 4) is 0 Å². The Morgan fingerprint density at radius 3 is 2.29 bits per heavy atom. The van der Waals surface area contributed by atoms with Gasteiger partial charge in [0.15, 0.2) is 0 Å². The average molecular weight is 239 g/mol. The van der Waals surface area contributed by atoms with Crippen LogP contribution in [0.2, 0.25) is 0 Å². The van der Waals surface area contributed by atoms with Gasteiger partial charge in [0.05, 0.1) is 0 Å². The van der Waals surface area contributed by atoms with E-state index in [4.69, 9.17) is 0 Å². The summed E-state index contributed by atoms with van der Waals surface area (Å²) in [5, 5.41) is 3.53. The molecule has 0 aromatic heterocycles. The van der Waals surface area contributed by atoms with Gasteiger partial charge in [0.25, 0.3) is 0 Å². The van der Waals surface area contributed by atoms with Gasteiger partial charge in [0, 0.05) is 38.8 Å². The lowest BCUT2D eigenvalue weighted by molar-refractivity contribution is 0.103. The molecule has 2 unspecified atom stereocenters. The molecule has 2 fully saturated rings. The van der Waals surface area contributed by atoms with Gasteiger partial charge >= 0.3 is 0 Å². The molecule has 17 heavy (non-hydrogen) atoms. The van der Waals surface area contributed by atoms with Crippen LogP contribution in [0.3, 0.4) is 0 Å². The fourth-order valence-electron chi connectivity index (χ4n) is 3.43. The monoisotopic (exact) mass is 239 g/mol. The molecule has 0 aromatic carbocycles. The first kappa shape index (κ1) is 13.3. The molecule has 1 saturated carbocycles. The molecule has 1 aliphatic heterocycles. The van der Waals surface area contributed by atoms with E-state index >= 15 is 0 Å². The van der Waals surface area contributed by atoms with Crippen molar-refractivity contribution in [3.63, 3.8) is 0 Å². The topological polar surface area (TPSA) is 18.5 Å². The van der Waals surface area contributed by atoms with Gasteiger partial charge < -0.3 is 15.1 Å². The Morgan fingerprint density at radius 1 is 1.00 bits per heavy atom. The third-order valence-electron chi connectivity index (χ3n) is 4.68. The van der Waals surface area contributed by atoms with Gasteiger partial charge in [-0.1, -0.05) is 19.8 Å². The summed E-state index contributed by atoms with van der Waals surface area (Å²) >= 11 is 0. The summed E-state index contributed by atoms with van der Waals surface area (Å²) in [6.07, 6.45) is 5.68. The average Bonchev–Trinajstić information content (AvgIpc) is 2.40. The predicted molar refractivity (Wildman–Crippen MR) is 73.4 cm³/mol. The number of nitrogens with zero attached hydrogens (tertiary/aromatic N) is 2. The van der Waals surface area contributed by atoms with Crippen molar-refractivity contribution < 1.29 is 0 Å². The molecule has 2 atom stereocenters. The van der Waals surface area contributed by atoms with E-state index in [0.29, 0.717) is 0 Å². The van der Waals surface area contributed by atoms with E-state index in [1.165, 1.54) is 65.0 Å². The zero-order valence-electron chi connectivity index (χ0n) is 11.6. The highest BCUT2D eigenvalue weighted by atomic mass is 15.3. The predicted octanol–water partition coefficient (Wildman–Crippen LogP) is 1.40. The van der Waals surface area contributed by atoms with Crippen molar-refractivity contribution in [3.05, 3.63) is 0 Å².